The Bertz CT molecular complexity index is 1150. The maximum Gasteiger partial charge on any atom is 0.435 e. The number of nitrogens with one attached hydrogen (secondary N) is 2. The minimum atomic E-state index is -4.69. The number of carbonyl (C=O) groups excluding carboxylic acids is 1. The van der Waals surface area contributed by atoms with Crippen LogP contribution in [-0.2, 0) is 19.3 Å². The Balaban J connectivity index is 1.86. The van der Waals surface area contributed by atoms with Crippen LogP contribution in [0.1, 0.15) is 29.4 Å². The smallest absolute Gasteiger partial charge is 0.435 e. The van der Waals surface area contributed by atoms with Crippen molar-refractivity contribution in [3.63, 3.8) is 0 Å². The molecule has 2 amide bonds. The summed E-state index contributed by atoms with van der Waals surface area (Å²) >= 11 is 0. The van der Waals surface area contributed by atoms with Gasteiger partial charge in [-0.15, -0.1) is 0 Å². The SMILES string of the molecule is CCOc1ccc(C)cc1-n1nc(C(F)(F)F)cc1CNC(=O)Nc1ccc(CO)c(F)c1. The number of rotatable bonds is 7. The average molecular weight is 466 g/mol. The first-order valence-corrected chi connectivity index (χ1v) is 9.96. The summed E-state index contributed by atoms with van der Waals surface area (Å²) in [7, 11) is 0. The van der Waals surface area contributed by atoms with E-state index in [9.17, 15) is 22.4 Å². The number of halogens is 4. The maximum atomic E-state index is 13.8. The van der Waals surface area contributed by atoms with E-state index in [1.54, 1.807) is 32.0 Å². The summed E-state index contributed by atoms with van der Waals surface area (Å²) in [5.74, 6) is -0.365. The number of hydrogen-bond donors (Lipinski definition) is 3. The first-order chi connectivity index (χ1) is 15.6. The van der Waals surface area contributed by atoms with Gasteiger partial charge in [0.25, 0.3) is 0 Å². The lowest BCUT2D eigenvalue weighted by Crippen LogP contribution is -2.29. The molecule has 11 heteroatoms. The van der Waals surface area contributed by atoms with Gasteiger partial charge in [-0.1, -0.05) is 12.1 Å². The monoisotopic (exact) mass is 466 g/mol. The molecule has 0 aliphatic heterocycles. The fourth-order valence-corrected chi connectivity index (χ4v) is 3.06. The number of aryl methyl sites for hydroxylation is 1. The van der Waals surface area contributed by atoms with Crippen molar-refractivity contribution in [2.45, 2.75) is 33.2 Å². The third-order valence-corrected chi connectivity index (χ3v) is 4.63. The van der Waals surface area contributed by atoms with Crippen LogP contribution in [0.4, 0.5) is 28.0 Å². The molecule has 3 rings (SSSR count). The summed E-state index contributed by atoms with van der Waals surface area (Å²) in [6.07, 6.45) is -4.69. The van der Waals surface area contributed by atoms with Crippen LogP contribution in [0.3, 0.4) is 0 Å². The second-order valence-electron chi connectivity index (χ2n) is 7.11. The van der Waals surface area contributed by atoms with Gasteiger partial charge in [-0.25, -0.2) is 13.9 Å². The number of aliphatic hydroxyl groups is 1. The van der Waals surface area contributed by atoms with E-state index in [1.165, 1.54) is 12.1 Å². The molecular weight excluding hydrogens is 444 g/mol. The number of aliphatic hydroxyl groups excluding tert-OH is 1. The largest absolute Gasteiger partial charge is 0.492 e. The molecule has 1 aromatic heterocycles. The summed E-state index contributed by atoms with van der Waals surface area (Å²) < 4.78 is 60.4. The molecular formula is C22H22F4N4O3. The van der Waals surface area contributed by atoms with Crippen LogP contribution in [0, 0.1) is 12.7 Å². The van der Waals surface area contributed by atoms with Crippen LogP contribution in [0.5, 0.6) is 5.75 Å². The number of urea groups is 1. The summed E-state index contributed by atoms with van der Waals surface area (Å²) in [6.45, 7) is 3.03. The average Bonchev–Trinajstić information content (AvgIpc) is 3.18. The highest BCUT2D eigenvalue weighted by Gasteiger charge is 2.35. The molecule has 0 saturated carbocycles. The van der Waals surface area contributed by atoms with Gasteiger partial charge in [-0.05, 0) is 49.7 Å². The molecule has 0 radical (unpaired) electrons. The molecule has 176 valence electrons. The van der Waals surface area contributed by atoms with Crippen molar-refractivity contribution in [2.24, 2.45) is 0 Å². The molecule has 0 fully saturated rings. The number of ether oxygens (including phenoxy) is 1. The fourth-order valence-electron chi connectivity index (χ4n) is 3.06. The van der Waals surface area contributed by atoms with Crippen LogP contribution in [0.25, 0.3) is 5.69 Å². The fraction of sp³-hybridized carbons (Fsp3) is 0.273. The Hall–Kier alpha value is -3.60. The van der Waals surface area contributed by atoms with E-state index >= 15 is 0 Å². The number of benzene rings is 2. The lowest BCUT2D eigenvalue weighted by Gasteiger charge is -2.14. The van der Waals surface area contributed by atoms with Gasteiger partial charge in [0.1, 0.15) is 17.3 Å². The van der Waals surface area contributed by atoms with Crippen molar-refractivity contribution in [3.05, 3.63) is 70.8 Å². The summed E-state index contributed by atoms with van der Waals surface area (Å²) in [5, 5.41) is 17.5. The van der Waals surface area contributed by atoms with Crippen molar-refractivity contribution in [2.75, 3.05) is 11.9 Å². The van der Waals surface area contributed by atoms with Crippen LogP contribution < -0.4 is 15.4 Å². The van der Waals surface area contributed by atoms with Gasteiger partial charge in [0.15, 0.2) is 5.69 Å². The third-order valence-electron chi connectivity index (χ3n) is 4.63. The molecule has 2 aromatic carbocycles. The molecule has 7 nitrogen and oxygen atoms in total. The number of aromatic nitrogens is 2. The number of amides is 2. The van der Waals surface area contributed by atoms with Gasteiger partial charge in [0, 0.05) is 11.3 Å². The zero-order valence-electron chi connectivity index (χ0n) is 17.8. The van der Waals surface area contributed by atoms with E-state index in [4.69, 9.17) is 9.84 Å². The standard InChI is InChI=1S/C22H22F4N4O3/c1-3-33-19-7-4-13(2)8-18(19)30-16(10-20(29-30)22(24,25)26)11-27-21(32)28-15-6-5-14(12-31)17(23)9-15/h4-10,31H,3,11-12H2,1-2H3,(H2,27,28,32). The molecule has 3 aromatic rings. The molecule has 0 aliphatic rings. The number of carbonyl (C=O) groups is 1. The highest BCUT2D eigenvalue weighted by atomic mass is 19.4. The molecule has 1 heterocycles. The van der Waals surface area contributed by atoms with Crippen molar-refractivity contribution in [3.8, 4) is 11.4 Å². The Morgan fingerprint density at radius 1 is 1.18 bits per heavy atom. The van der Waals surface area contributed by atoms with Crippen molar-refractivity contribution in [1.29, 1.82) is 0 Å². The van der Waals surface area contributed by atoms with E-state index in [-0.39, 0.29) is 23.5 Å². The zero-order valence-corrected chi connectivity index (χ0v) is 17.8. The first-order valence-electron chi connectivity index (χ1n) is 9.96. The van der Waals surface area contributed by atoms with Crippen LogP contribution in [0.2, 0.25) is 0 Å². The molecule has 0 saturated heterocycles. The highest BCUT2D eigenvalue weighted by molar-refractivity contribution is 5.89. The third kappa shape index (κ3) is 5.80. The molecule has 0 aliphatic carbocycles. The van der Waals surface area contributed by atoms with Gasteiger partial charge >= 0.3 is 12.2 Å². The van der Waals surface area contributed by atoms with E-state index in [0.717, 1.165) is 22.4 Å². The van der Waals surface area contributed by atoms with Gasteiger partial charge in [0.05, 0.1) is 25.5 Å². The summed E-state index contributed by atoms with van der Waals surface area (Å²) in [5.41, 5.74) is 0.196. The topological polar surface area (TPSA) is 88.4 Å². The summed E-state index contributed by atoms with van der Waals surface area (Å²) in [4.78, 5) is 12.3. The van der Waals surface area contributed by atoms with Gasteiger partial charge in [0.2, 0.25) is 0 Å². The molecule has 0 atom stereocenters. The van der Waals surface area contributed by atoms with E-state index in [0.29, 0.717) is 18.0 Å². The first kappa shape index (κ1) is 24.1. The van der Waals surface area contributed by atoms with Crippen molar-refractivity contribution in [1.82, 2.24) is 15.1 Å². The maximum absolute atomic E-state index is 13.8. The molecule has 0 spiro atoms. The lowest BCUT2D eigenvalue weighted by atomic mass is 10.2. The highest BCUT2D eigenvalue weighted by Crippen LogP contribution is 2.32. The minimum absolute atomic E-state index is 0.0610. The Kier molecular flexibility index (Phi) is 7.22. The second kappa shape index (κ2) is 9.90. The van der Waals surface area contributed by atoms with Crippen LogP contribution in [0.15, 0.2) is 42.5 Å². The number of anilines is 1. The van der Waals surface area contributed by atoms with Gasteiger partial charge < -0.3 is 20.5 Å². The summed E-state index contributed by atoms with van der Waals surface area (Å²) in [6, 6.07) is 8.83. The van der Waals surface area contributed by atoms with E-state index in [2.05, 4.69) is 15.7 Å². The van der Waals surface area contributed by atoms with Gasteiger partial charge in [-0.2, -0.15) is 18.3 Å². The zero-order chi connectivity index (χ0) is 24.2. The van der Waals surface area contributed by atoms with Crippen LogP contribution >= 0.6 is 0 Å². The molecule has 0 bridgehead atoms. The number of hydrogen-bond acceptors (Lipinski definition) is 4. The minimum Gasteiger partial charge on any atom is -0.492 e. The van der Waals surface area contributed by atoms with Crippen LogP contribution in [-0.4, -0.2) is 27.5 Å². The van der Waals surface area contributed by atoms with Crippen molar-refractivity contribution < 1.29 is 32.2 Å². The number of nitrogens with zero attached hydrogens (tertiary/aromatic N) is 2. The second-order valence-corrected chi connectivity index (χ2v) is 7.11. The Morgan fingerprint density at radius 2 is 1.94 bits per heavy atom. The molecule has 0 unspecified atom stereocenters. The predicted molar refractivity (Wildman–Crippen MR) is 113 cm³/mol. The Morgan fingerprint density at radius 3 is 2.58 bits per heavy atom. The lowest BCUT2D eigenvalue weighted by molar-refractivity contribution is -0.141. The van der Waals surface area contributed by atoms with E-state index < -0.39 is 30.3 Å². The Labute approximate surface area is 187 Å². The predicted octanol–water partition coefficient (Wildman–Crippen LogP) is 4.55. The normalized spacial score (nSPS) is 11.4. The number of alkyl halides is 3. The van der Waals surface area contributed by atoms with Crippen molar-refractivity contribution >= 4 is 11.7 Å². The molecule has 3 N–H and O–H groups in total. The van der Waals surface area contributed by atoms with Gasteiger partial charge in [-0.3, -0.25) is 0 Å². The quantitative estimate of drug-likeness (QED) is 0.446. The van der Waals surface area contributed by atoms with E-state index in [1.807, 2.05) is 0 Å². The molecule has 33 heavy (non-hydrogen) atoms.